The highest BCUT2D eigenvalue weighted by Gasteiger charge is 2.02. The lowest BCUT2D eigenvalue weighted by atomic mass is 10.3. The molecule has 17 heavy (non-hydrogen) atoms. The lowest BCUT2D eigenvalue weighted by Crippen LogP contribution is -2.28. The van der Waals surface area contributed by atoms with Gasteiger partial charge in [0.25, 0.3) is 0 Å². The summed E-state index contributed by atoms with van der Waals surface area (Å²) in [5, 5.41) is 2.59. The van der Waals surface area contributed by atoms with Crippen molar-refractivity contribution in [2.75, 3.05) is 20.2 Å². The van der Waals surface area contributed by atoms with Crippen molar-refractivity contribution in [1.29, 1.82) is 0 Å². The van der Waals surface area contributed by atoms with Gasteiger partial charge in [-0.3, -0.25) is 0 Å². The Labute approximate surface area is 107 Å². The largest absolute Gasteiger partial charge is 0.497 e. The highest BCUT2D eigenvalue weighted by Crippen LogP contribution is 2.16. The summed E-state index contributed by atoms with van der Waals surface area (Å²) in [5.41, 5.74) is 5.29. The monoisotopic (exact) mass is 260 g/mol. The number of halogens is 1. The van der Waals surface area contributed by atoms with E-state index in [4.69, 9.17) is 15.2 Å². The van der Waals surface area contributed by atoms with E-state index in [0.29, 0.717) is 18.8 Å². The maximum atomic E-state index is 11.2. The summed E-state index contributed by atoms with van der Waals surface area (Å²) in [6, 6.07) is 6.79. The van der Waals surface area contributed by atoms with Crippen molar-refractivity contribution >= 4 is 18.5 Å². The zero-order valence-electron chi connectivity index (χ0n) is 9.64. The van der Waals surface area contributed by atoms with E-state index in [1.807, 2.05) is 0 Å². The predicted octanol–water partition coefficient (Wildman–Crippen LogP) is 1.55. The molecule has 0 fully saturated rings. The Bertz CT molecular complexity index is 330. The highest BCUT2D eigenvalue weighted by atomic mass is 35.5. The third kappa shape index (κ3) is 5.99. The van der Waals surface area contributed by atoms with Crippen LogP contribution in [0.5, 0.6) is 11.5 Å². The summed E-state index contributed by atoms with van der Waals surface area (Å²) in [6.45, 7) is 1.06. The highest BCUT2D eigenvalue weighted by molar-refractivity contribution is 5.85. The maximum absolute atomic E-state index is 11.2. The third-order valence-corrected chi connectivity index (χ3v) is 1.92. The molecule has 0 radical (unpaired) electrons. The zero-order valence-corrected chi connectivity index (χ0v) is 10.5. The van der Waals surface area contributed by atoms with Crippen molar-refractivity contribution in [3.05, 3.63) is 24.3 Å². The van der Waals surface area contributed by atoms with E-state index >= 15 is 0 Å². The van der Waals surface area contributed by atoms with Crippen molar-refractivity contribution in [1.82, 2.24) is 5.32 Å². The molecule has 0 saturated carbocycles. The van der Waals surface area contributed by atoms with E-state index in [1.165, 1.54) is 0 Å². The summed E-state index contributed by atoms with van der Waals surface area (Å²) >= 11 is 0. The van der Waals surface area contributed by atoms with E-state index in [-0.39, 0.29) is 12.4 Å². The van der Waals surface area contributed by atoms with Gasteiger partial charge in [-0.1, -0.05) is 0 Å². The molecule has 1 amide bonds. The molecular formula is C11H17ClN2O3. The van der Waals surface area contributed by atoms with E-state index in [2.05, 4.69) is 5.32 Å². The summed E-state index contributed by atoms with van der Waals surface area (Å²) in [6.07, 6.45) is 0.260. The van der Waals surface area contributed by atoms with Gasteiger partial charge >= 0.3 is 6.09 Å². The van der Waals surface area contributed by atoms with Crippen LogP contribution in [-0.2, 0) is 0 Å². The summed E-state index contributed by atoms with van der Waals surface area (Å²) in [4.78, 5) is 11.2. The average Bonchev–Trinajstić information content (AvgIpc) is 2.30. The fraction of sp³-hybridized carbons (Fsp3) is 0.364. The molecule has 0 heterocycles. The third-order valence-electron chi connectivity index (χ3n) is 1.92. The number of hydrogen-bond acceptors (Lipinski definition) is 4. The Morgan fingerprint density at radius 2 is 1.88 bits per heavy atom. The van der Waals surface area contributed by atoms with Gasteiger partial charge in [-0.05, 0) is 37.2 Å². The Kier molecular flexibility index (Phi) is 7.92. The molecule has 6 heteroatoms. The van der Waals surface area contributed by atoms with Crippen molar-refractivity contribution in [3.63, 3.8) is 0 Å². The predicted molar refractivity (Wildman–Crippen MR) is 67.9 cm³/mol. The molecule has 3 N–H and O–H groups in total. The number of rotatable bonds is 5. The second-order valence-electron chi connectivity index (χ2n) is 3.13. The molecule has 0 atom stereocenters. The molecule has 0 saturated heterocycles. The van der Waals surface area contributed by atoms with Gasteiger partial charge in [0, 0.05) is 6.54 Å². The molecule has 0 aliphatic carbocycles. The quantitative estimate of drug-likeness (QED) is 0.788. The minimum atomic E-state index is -0.474. The minimum Gasteiger partial charge on any atom is -0.497 e. The molecule has 0 unspecified atom stereocenters. The SMILES string of the molecule is COc1ccc(OC(=O)NCCCN)cc1.Cl. The second-order valence-corrected chi connectivity index (χ2v) is 3.13. The summed E-state index contributed by atoms with van der Waals surface area (Å²) < 4.78 is 10.00. The summed E-state index contributed by atoms with van der Waals surface area (Å²) in [7, 11) is 1.58. The van der Waals surface area contributed by atoms with Crippen LogP contribution in [0.4, 0.5) is 4.79 Å². The standard InChI is InChI=1S/C11H16N2O3.ClH/c1-15-9-3-5-10(6-4-9)16-11(14)13-8-2-7-12;/h3-6H,2,7-8,12H2,1H3,(H,13,14);1H. The van der Waals surface area contributed by atoms with Crippen molar-refractivity contribution in [2.24, 2.45) is 5.73 Å². The summed E-state index contributed by atoms with van der Waals surface area (Å²) in [5.74, 6) is 1.20. The fourth-order valence-corrected chi connectivity index (χ4v) is 1.08. The minimum absolute atomic E-state index is 0. The topological polar surface area (TPSA) is 73.6 Å². The van der Waals surface area contributed by atoms with Gasteiger partial charge in [0.1, 0.15) is 11.5 Å². The Balaban J connectivity index is 0.00000256. The molecule has 0 aliphatic heterocycles. The van der Waals surface area contributed by atoms with Crippen LogP contribution in [0.15, 0.2) is 24.3 Å². The number of benzene rings is 1. The van der Waals surface area contributed by atoms with Crippen molar-refractivity contribution in [3.8, 4) is 11.5 Å². The Hall–Kier alpha value is -1.46. The lowest BCUT2D eigenvalue weighted by Gasteiger charge is -2.06. The first kappa shape index (κ1) is 15.5. The molecule has 1 aromatic rings. The molecule has 1 aromatic carbocycles. The molecule has 0 bridgehead atoms. The second kappa shape index (κ2) is 8.66. The molecule has 5 nitrogen and oxygen atoms in total. The van der Waals surface area contributed by atoms with Crippen LogP contribution < -0.4 is 20.5 Å². The maximum Gasteiger partial charge on any atom is 0.412 e. The van der Waals surface area contributed by atoms with E-state index in [9.17, 15) is 4.79 Å². The van der Waals surface area contributed by atoms with Gasteiger partial charge in [-0.25, -0.2) is 4.79 Å². The molecule has 96 valence electrons. The van der Waals surface area contributed by atoms with Crippen LogP contribution in [0.3, 0.4) is 0 Å². The number of nitrogens with one attached hydrogen (secondary N) is 1. The van der Waals surface area contributed by atoms with Crippen LogP contribution in [0, 0.1) is 0 Å². The molecular weight excluding hydrogens is 244 g/mol. The first-order valence-electron chi connectivity index (χ1n) is 5.06. The van der Waals surface area contributed by atoms with Crippen LogP contribution in [0.25, 0.3) is 0 Å². The molecule has 0 aromatic heterocycles. The smallest absolute Gasteiger partial charge is 0.412 e. The van der Waals surface area contributed by atoms with E-state index in [1.54, 1.807) is 31.4 Å². The first-order chi connectivity index (χ1) is 7.76. The Morgan fingerprint density at radius 1 is 1.29 bits per heavy atom. The van der Waals surface area contributed by atoms with Crippen LogP contribution in [-0.4, -0.2) is 26.3 Å². The first-order valence-corrected chi connectivity index (χ1v) is 5.06. The average molecular weight is 261 g/mol. The van der Waals surface area contributed by atoms with E-state index < -0.39 is 6.09 Å². The Morgan fingerprint density at radius 3 is 2.41 bits per heavy atom. The molecule has 0 aliphatic rings. The van der Waals surface area contributed by atoms with Crippen LogP contribution in [0.2, 0.25) is 0 Å². The van der Waals surface area contributed by atoms with Gasteiger partial charge < -0.3 is 20.5 Å². The number of ether oxygens (including phenoxy) is 2. The van der Waals surface area contributed by atoms with Gasteiger partial charge in [0.2, 0.25) is 0 Å². The number of methoxy groups -OCH3 is 1. The molecule has 0 spiro atoms. The van der Waals surface area contributed by atoms with E-state index in [0.717, 1.165) is 12.2 Å². The number of nitrogens with two attached hydrogens (primary N) is 1. The van der Waals surface area contributed by atoms with Gasteiger partial charge in [0.15, 0.2) is 0 Å². The van der Waals surface area contributed by atoms with Crippen molar-refractivity contribution < 1.29 is 14.3 Å². The molecule has 1 rings (SSSR count). The van der Waals surface area contributed by atoms with Gasteiger partial charge in [-0.15, -0.1) is 12.4 Å². The van der Waals surface area contributed by atoms with Crippen LogP contribution >= 0.6 is 12.4 Å². The van der Waals surface area contributed by atoms with Crippen LogP contribution in [0.1, 0.15) is 6.42 Å². The van der Waals surface area contributed by atoms with Gasteiger partial charge in [-0.2, -0.15) is 0 Å². The fourth-order valence-electron chi connectivity index (χ4n) is 1.08. The number of carbonyl (C=O) groups is 1. The van der Waals surface area contributed by atoms with Gasteiger partial charge in [0.05, 0.1) is 7.11 Å². The number of amides is 1. The zero-order chi connectivity index (χ0) is 11.8. The number of carbonyl (C=O) groups excluding carboxylic acids is 1. The normalized spacial score (nSPS) is 9.06. The lowest BCUT2D eigenvalue weighted by molar-refractivity contribution is 0.200. The number of hydrogen-bond donors (Lipinski definition) is 2. The van der Waals surface area contributed by atoms with Crippen molar-refractivity contribution in [2.45, 2.75) is 6.42 Å².